The first kappa shape index (κ1) is 16.0. The van der Waals surface area contributed by atoms with Crippen molar-refractivity contribution < 1.29 is 8.78 Å². The first-order chi connectivity index (χ1) is 12.1. The third-order valence-electron chi connectivity index (χ3n) is 4.55. The van der Waals surface area contributed by atoms with Gasteiger partial charge in [0, 0.05) is 23.8 Å². The van der Waals surface area contributed by atoms with Crippen molar-refractivity contribution in [2.24, 2.45) is 0 Å². The second kappa shape index (κ2) is 6.40. The molecule has 0 saturated carbocycles. The monoisotopic (exact) mass is 343 g/mol. The molecule has 25 heavy (non-hydrogen) atoms. The normalized spacial score (nSPS) is 20.8. The Morgan fingerprint density at radius 3 is 2.92 bits per heavy atom. The predicted octanol–water partition coefficient (Wildman–Crippen LogP) is 3.23. The van der Waals surface area contributed by atoms with Crippen molar-refractivity contribution in [3.05, 3.63) is 48.2 Å². The summed E-state index contributed by atoms with van der Waals surface area (Å²) in [5.41, 5.74) is 1.89. The molecule has 0 aliphatic carbocycles. The number of fused-ring (bicyclic) bond motifs is 1. The van der Waals surface area contributed by atoms with Crippen molar-refractivity contribution in [2.75, 3.05) is 11.9 Å². The molecular weight excluding hydrogens is 324 g/mol. The van der Waals surface area contributed by atoms with Gasteiger partial charge in [0.15, 0.2) is 17.3 Å². The van der Waals surface area contributed by atoms with Crippen molar-refractivity contribution in [3.63, 3.8) is 0 Å². The summed E-state index contributed by atoms with van der Waals surface area (Å²) in [4.78, 5) is 4.56. The Kier molecular flexibility index (Phi) is 4.09. The molecule has 0 amide bonds. The van der Waals surface area contributed by atoms with Gasteiger partial charge in [-0.05, 0) is 56.1 Å². The average Bonchev–Trinajstić information content (AvgIpc) is 2.99. The van der Waals surface area contributed by atoms with Crippen molar-refractivity contribution in [2.45, 2.75) is 31.8 Å². The van der Waals surface area contributed by atoms with E-state index in [4.69, 9.17) is 0 Å². The molecule has 2 atom stereocenters. The molecule has 0 spiro atoms. The van der Waals surface area contributed by atoms with Crippen molar-refractivity contribution in [1.82, 2.24) is 19.9 Å². The lowest BCUT2D eigenvalue weighted by molar-refractivity contribution is 0.395. The Balaban J connectivity index is 1.67. The number of anilines is 1. The number of nitrogens with one attached hydrogen (secondary N) is 2. The van der Waals surface area contributed by atoms with E-state index in [0.29, 0.717) is 34.8 Å². The second-order valence-corrected chi connectivity index (χ2v) is 6.48. The fourth-order valence-corrected chi connectivity index (χ4v) is 3.30. The van der Waals surface area contributed by atoms with Gasteiger partial charge in [-0.15, -0.1) is 5.10 Å². The van der Waals surface area contributed by atoms with Crippen molar-refractivity contribution in [3.8, 4) is 11.1 Å². The summed E-state index contributed by atoms with van der Waals surface area (Å²) in [6.45, 7) is 3.12. The second-order valence-electron chi connectivity index (χ2n) is 6.48. The molecule has 3 heterocycles. The zero-order valence-corrected chi connectivity index (χ0v) is 13.8. The van der Waals surface area contributed by atoms with Crippen molar-refractivity contribution >= 4 is 11.6 Å². The smallest absolute Gasteiger partial charge is 0.243 e. The zero-order valence-electron chi connectivity index (χ0n) is 13.8. The molecule has 1 aliphatic rings. The summed E-state index contributed by atoms with van der Waals surface area (Å²) in [5.74, 6) is -1.19. The van der Waals surface area contributed by atoms with Gasteiger partial charge < -0.3 is 10.6 Å². The number of nitrogens with zero attached hydrogens (tertiary/aromatic N) is 3. The third-order valence-corrected chi connectivity index (χ3v) is 4.55. The molecule has 1 fully saturated rings. The van der Waals surface area contributed by atoms with Crippen LogP contribution in [0.1, 0.15) is 19.8 Å². The highest BCUT2D eigenvalue weighted by atomic mass is 19.2. The molecule has 2 unspecified atom stereocenters. The number of hydrogen-bond donors (Lipinski definition) is 2. The van der Waals surface area contributed by atoms with E-state index >= 15 is 0 Å². The largest absolute Gasteiger partial charge is 0.350 e. The van der Waals surface area contributed by atoms with Gasteiger partial charge in [0.25, 0.3) is 0 Å². The molecule has 2 N–H and O–H groups in total. The summed E-state index contributed by atoms with van der Waals surface area (Å²) in [7, 11) is 0. The number of pyridine rings is 1. The van der Waals surface area contributed by atoms with Gasteiger partial charge >= 0.3 is 0 Å². The van der Waals surface area contributed by atoms with Gasteiger partial charge in [-0.25, -0.2) is 13.3 Å². The molecule has 1 aromatic carbocycles. The summed E-state index contributed by atoms with van der Waals surface area (Å²) >= 11 is 0. The fourth-order valence-electron chi connectivity index (χ4n) is 3.30. The third kappa shape index (κ3) is 3.19. The number of benzene rings is 1. The Bertz CT molecular complexity index is 908. The molecule has 0 bridgehead atoms. The Hall–Kier alpha value is -2.54. The topological polar surface area (TPSA) is 54.2 Å². The Morgan fingerprint density at radius 2 is 2.12 bits per heavy atom. The van der Waals surface area contributed by atoms with Crippen molar-refractivity contribution in [1.29, 1.82) is 0 Å². The van der Waals surface area contributed by atoms with Crippen LogP contribution in [0.3, 0.4) is 0 Å². The van der Waals surface area contributed by atoms with Gasteiger partial charge in [0.05, 0.1) is 0 Å². The molecule has 7 heteroatoms. The SMILES string of the molecule is CC1CC(Nc2nc3c(-c4ccc(F)c(F)c4)cccn3n2)CCN1. The van der Waals surface area contributed by atoms with Crippen LogP contribution in [0.4, 0.5) is 14.7 Å². The summed E-state index contributed by atoms with van der Waals surface area (Å²) in [5, 5.41) is 11.3. The average molecular weight is 343 g/mol. The molecule has 130 valence electrons. The maximum Gasteiger partial charge on any atom is 0.243 e. The van der Waals surface area contributed by atoms with Crippen LogP contribution in [0.15, 0.2) is 36.5 Å². The number of hydrogen-bond acceptors (Lipinski definition) is 4. The van der Waals surface area contributed by atoms with E-state index in [2.05, 4.69) is 27.6 Å². The van der Waals surface area contributed by atoms with Gasteiger partial charge in [-0.1, -0.05) is 6.07 Å². The fraction of sp³-hybridized carbons (Fsp3) is 0.333. The lowest BCUT2D eigenvalue weighted by Crippen LogP contribution is -2.41. The summed E-state index contributed by atoms with van der Waals surface area (Å²) < 4.78 is 28.4. The highest BCUT2D eigenvalue weighted by Crippen LogP contribution is 2.26. The highest BCUT2D eigenvalue weighted by molar-refractivity contribution is 5.77. The van der Waals surface area contributed by atoms with Crippen LogP contribution in [0, 0.1) is 11.6 Å². The Morgan fingerprint density at radius 1 is 1.24 bits per heavy atom. The highest BCUT2D eigenvalue weighted by Gasteiger charge is 2.20. The van der Waals surface area contributed by atoms with Crippen LogP contribution >= 0.6 is 0 Å². The molecule has 0 radical (unpaired) electrons. The van der Waals surface area contributed by atoms with E-state index < -0.39 is 11.6 Å². The van der Waals surface area contributed by atoms with Gasteiger partial charge in [0.1, 0.15) is 0 Å². The van der Waals surface area contributed by atoms with E-state index in [-0.39, 0.29) is 0 Å². The minimum absolute atomic E-state index is 0.320. The number of piperidine rings is 1. The predicted molar refractivity (Wildman–Crippen MR) is 92.4 cm³/mol. The minimum atomic E-state index is -0.874. The van der Waals surface area contributed by atoms with Crippen LogP contribution in [-0.2, 0) is 0 Å². The summed E-state index contributed by atoms with van der Waals surface area (Å²) in [6.07, 6.45) is 3.81. The summed E-state index contributed by atoms with van der Waals surface area (Å²) in [6, 6.07) is 8.27. The molecule has 5 nitrogen and oxygen atoms in total. The maximum atomic E-state index is 13.6. The van der Waals surface area contributed by atoms with E-state index in [1.165, 1.54) is 6.07 Å². The first-order valence-corrected chi connectivity index (χ1v) is 8.41. The molecule has 2 aromatic heterocycles. The minimum Gasteiger partial charge on any atom is -0.350 e. The molecular formula is C18H19F2N5. The maximum absolute atomic E-state index is 13.6. The van der Waals surface area contributed by atoms with Crippen LogP contribution in [0.25, 0.3) is 16.8 Å². The number of rotatable bonds is 3. The molecule has 1 aliphatic heterocycles. The Labute approximate surface area is 144 Å². The first-order valence-electron chi connectivity index (χ1n) is 8.41. The quantitative estimate of drug-likeness (QED) is 0.767. The van der Waals surface area contributed by atoms with Gasteiger partial charge in [0.2, 0.25) is 5.95 Å². The van der Waals surface area contributed by atoms with Gasteiger partial charge in [-0.2, -0.15) is 4.98 Å². The molecule has 3 aromatic rings. The van der Waals surface area contributed by atoms with Crippen LogP contribution in [-0.4, -0.2) is 33.2 Å². The van der Waals surface area contributed by atoms with Gasteiger partial charge in [-0.3, -0.25) is 0 Å². The van der Waals surface area contributed by atoms with E-state index in [1.54, 1.807) is 16.8 Å². The standard InChI is InChI=1S/C18H19F2N5/c1-11-9-13(6-7-21-11)22-18-23-17-14(3-2-8-25(17)24-18)12-4-5-15(19)16(20)10-12/h2-5,8,10-11,13,21H,6-7,9H2,1H3,(H,22,24). The van der Waals surface area contributed by atoms with E-state index in [1.807, 2.05) is 12.1 Å². The molecule has 4 rings (SSSR count). The van der Waals surface area contributed by atoms with Crippen LogP contribution in [0.2, 0.25) is 0 Å². The zero-order chi connectivity index (χ0) is 17.4. The lowest BCUT2D eigenvalue weighted by Gasteiger charge is -2.28. The molecule has 1 saturated heterocycles. The lowest BCUT2D eigenvalue weighted by atomic mass is 10.0. The number of aromatic nitrogens is 3. The number of halogens is 2. The van der Waals surface area contributed by atoms with E-state index in [0.717, 1.165) is 25.5 Å². The van der Waals surface area contributed by atoms with E-state index in [9.17, 15) is 8.78 Å². The van der Waals surface area contributed by atoms with Crippen LogP contribution < -0.4 is 10.6 Å². The van der Waals surface area contributed by atoms with Crippen LogP contribution in [0.5, 0.6) is 0 Å².